The quantitative estimate of drug-likeness (QED) is 0.869. The summed E-state index contributed by atoms with van der Waals surface area (Å²) >= 11 is 0. The van der Waals surface area contributed by atoms with Gasteiger partial charge in [0, 0.05) is 26.7 Å². The number of nitrogens with one attached hydrogen (secondary N) is 1. The molecule has 1 aromatic carbocycles. The fraction of sp³-hybridized carbons (Fsp3) is 0.533. The number of aryl methyl sites for hydroxylation is 1. The van der Waals surface area contributed by atoms with Crippen molar-refractivity contribution in [3.63, 3.8) is 0 Å². The highest BCUT2D eigenvalue weighted by atomic mass is 35.5. The summed E-state index contributed by atoms with van der Waals surface area (Å²) < 4.78 is 5.13. The predicted molar refractivity (Wildman–Crippen MR) is 82.6 cm³/mol. The highest BCUT2D eigenvalue weighted by Crippen LogP contribution is 2.13. The van der Waals surface area contributed by atoms with Gasteiger partial charge in [-0.2, -0.15) is 0 Å². The summed E-state index contributed by atoms with van der Waals surface area (Å²) in [6, 6.07) is 8.11. The van der Waals surface area contributed by atoms with Crippen molar-refractivity contribution in [3.05, 3.63) is 29.8 Å². The van der Waals surface area contributed by atoms with E-state index in [0.29, 0.717) is 0 Å². The van der Waals surface area contributed by atoms with Crippen molar-refractivity contribution in [1.82, 2.24) is 10.2 Å². The number of rotatable bonds is 6. The molecule has 1 aliphatic rings. The number of nitrogens with zero attached hydrogens (tertiary/aromatic N) is 1. The zero-order chi connectivity index (χ0) is 13.7. The number of ether oxygens (including phenoxy) is 1. The first-order chi connectivity index (χ1) is 9.20. The van der Waals surface area contributed by atoms with E-state index in [-0.39, 0.29) is 24.2 Å². The molecule has 20 heavy (non-hydrogen) atoms. The van der Waals surface area contributed by atoms with E-state index in [9.17, 15) is 4.79 Å². The van der Waals surface area contributed by atoms with E-state index in [0.717, 1.165) is 38.2 Å². The molecule has 1 heterocycles. The molecule has 0 bridgehead atoms. The Morgan fingerprint density at radius 1 is 1.35 bits per heavy atom. The molecular formula is C15H23ClN2O2. The minimum absolute atomic E-state index is 0. The van der Waals surface area contributed by atoms with Gasteiger partial charge in [-0.15, -0.1) is 12.4 Å². The molecule has 0 spiro atoms. The largest absolute Gasteiger partial charge is 0.497 e. The minimum Gasteiger partial charge on any atom is -0.497 e. The summed E-state index contributed by atoms with van der Waals surface area (Å²) in [6.45, 7) is 2.49. The van der Waals surface area contributed by atoms with Crippen molar-refractivity contribution < 1.29 is 9.53 Å². The number of hydrogen-bond donors (Lipinski definition) is 1. The van der Waals surface area contributed by atoms with Crippen molar-refractivity contribution in [2.75, 3.05) is 33.8 Å². The Balaban J connectivity index is 0.00000200. The van der Waals surface area contributed by atoms with E-state index < -0.39 is 0 Å². The first-order valence-corrected chi connectivity index (χ1v) is 6.79. The average molecular weight is 299 g/mol. The molecule has 1 aliphatic heterocycles. The lowest BCUT2D eigenvalue weighted by atomic mass is 10.0. The second-order valence-corrected chi connectivity index (χ2v) is 5.07. The molecule has 112 valence electrons. The monoisotopic (exact) mass is 298 g/mol. The van der Waals surface area contributed by atoms with Crippen LogP contribution in [0.15, 0.2) is 24.3 Å². The second-order valence-electron chi connectivity index (χ2n) is 5.07. The molecule has 1 N–H and O–H groups in total. The smallest absolute Gasteiger partial charge is 0.227 e. The maximum Gasteiger partial charge on any atom is 0.227 e. The summed E-state index contributed by atoms with van der Waals surface area (Å²) in [5, 5.41) is 3.13. The fourth-order valence-electron chi connectivity index (χ4n) is 2.20. The lowest BCUT2D eigenvalue weighted by molar-refractivity contribution is -0.135. The van der Waals surface area contributed by atoms with Crippen LogP contribution in [0.5, 0.6) is 5.75 Å². The van der Waals surface area contributed by atoms with Gasteiger partial charge in [-0.25, -0.2) is 0 Å². The van der Waals surface area contributed by atoms with Crippen LogP contribution in [0.25, 0.3) is 0 Å². The molecule has 1 saturated heterocycles. The lowest BCUT2D eigenvalue weighted by Crippen LogP contribution is -2.51. The van der Waals surface area contributed by atoms with Crippen LogP contribution in [0.3, 0.4) is 0 Å². The number of amides is 1. The van der Waals surface area contributed by atoms with Crippen LogP contribution in [0, 0.1) is 5.92 Å². The maximum atomic E-state index is 11.9. The summed E-state index contributed by atoms with van der Waals surface area (Å²) in [5.74, 6) is 1.35. The SMILES string of the molecule is COc1ccc(CCCN(C)C(=O)C2CNC2)cc1.Cl. The van der Waals surface area contributed by atoms with E-state index in [1.807, 2.05) is 24.1 Å². The molecule has 2 rings (SSSR count). The summed E-state index contributed by atoms with van der Waals surface area (Å²) in [6.07, 6.45) is 1.99. The zero-order valence-corrected chi connectivity index (χ0v) is 12.9. The third-order valence-electron chi connectivity index (χ3n) is 3.62. The highest BCUT2D eigenvalue weighted by molar-refractivity contribution is 5.85. The molecule has 5 heteroatoms. The molecule has 1 aromatic rings. The standard InChI is InChI=1S/C15H22N2O2.ClH/c1-17(15(18)13-10-16-11-13)9-3-4-12-5-7-14(19-2)8-6-12;/h5-8,13,16H,3-4,9-11H2,1-2H3;1H. The van der Waals surface area contributed by atoms with Gasteiger partial charge < -0.3 is 15.0 Å². The molecule has 1 fully saturated rings. The summed E-state index contributed by atoms with van der Waals surface area (Å²) in [4.78, 5) is 13.8. The Morgan fingerprint density at radius 3 is 2.50 bits per heavy atom. The van der Waals surface area contributed by atoms with Crippen LogP contribution in [0.2, 0.25) is 0 Å². The molecule has 0 unspecified atom stereocenters. The van der Waals surface area contributed by atoms with Crippen LogP contribution < -0.4 is 10.1 Å². The molecule has 0 atom stereocenters. The molecule has 0 aliphatic carbocycles. The normalized spacial score (nSPS) is 14.1. The van der Waals surface area contributed by atoms with Crippen LogP contribution in [0.1, 0.15) is 12.0 Å². The zero-order valence-electron chi connectivity index (χ0n) is 12.1. The number of benzene rings is 1. The molecule has 0 radical (unpaired) electrons. The van der Waals surface area contributed by atoms with Crippen molar-refractivity contribution in [2.45, 2.75) is 12.8 Å². The van der Waals surface area contributed by atoms with Gasteiger partial charge in [0.2, 0.25) is 5.91 Å². The van der Waals surface area contributed by atoms with Gasteiger partial charge in [-0.3, -0.25) is 4.79 Å². The third-order valence-corrected chi connectivity index (χ3v) is 3.62. The van der Waals surface area contributed by atoms with Gasteiger partial charge in [0.1, 0.15) is 5.75 Å². The Bertz CT molecular complexity index is 418. The van der Waals surface area contributed by atoms with Crippen LogP contribution in [-0.4, -0.2) is 44.6 Å². The molecule has 0 saturated carbocycles. The second kappa shape index (κ2) is 8.12. The maximum absolute atomic E-state index is 11.9. The molecular weight excluding hydrogens is 276 g/mol. The first-order valence-electron chi connectivity index (χ1n) is 6.79. The van der Waals surface area contributed by atoms with Crippen LogP contribution >= 0.6 is 12.4 Å². The molecule has 4 nitrogen and oxygen atoms in total. The summed E-state index contributed by atoms with van der Waals surface area (Å²) in [5.41, 5.74) is 1.28. The van der Waals surface area contributed by atoms with Gasteiger partial charge in [0.25, 0.3) is 0 Å². The lowest BCUT2D eigenvalue weighted by Gasteiger charge is -2.30. The number of methoxy groups -OCH3 is 1. The Labute approximate surface area is 126 Å². The van der Waals surface area contributed by atoms with Crippen molar-refractivity contribution in [2.24, 2.45) is 5.92 Å². The van der Waals surface area contributed by atoms with Gasteiger partial charge in [-0.05, 0) is 30.5 Å². The first kappa shape index (κ1) is 16.8. The molecule has 1 amide bonds. The molecule has 0 aromatic heterocycles. The highest BCUT2D eigenvalue weighted by Gasteiger charge is 2.27. The van der Waals surface area contributed by atoms with Gasteiger partial charge in [0.05, 0.1) is 13.0 Å². The number of hydrogen-bond acceptors (Lipinski definition) is 3. The van der Waals surface area contributed by atoms with Gasteiger partial charge in [0.15, 0.2) is 0 Å². The third kappa shape index (κ3) is 4.39. The Hall–Kier alpha value is -1.26. The van der Waals surface area contributed by atoms with Crippen molar-refractivity contribution in [1.29, 1.82) is 0 Å². The van der Waals surface area contributed by atoms with E-state index in [2.05, 4.69) is 17.4 Å². The van der Waals surface area contributed by atoms with Gasteiger partial charge in [-0.1, -0.05) is 12.1 Å². The summed E-state index contributed by atoms with van der Waals surface area (Å²) in [7, 11) is 3.57. The Kier molecular flexibility index (Phi) is 6.82. The predicted octanol–water partition coefficient (Wildman–Crippen LogP) is 1.73. The van der Waals surface area contributed by atoms with Gasteiger partial charge >= 0.3 is 0 Å². The van der Waals surface area contributed by atoms with Crippen LogP contribution in [0.4, 0.5) is 0 Å². The topological polar surface area (TPSA) is 41.6 Å². The van der Waals surface area contributed by atoms with Crippen molar-refractivity contribution in [3.8, 4) is 5.75 Å². The van der Waals surface area contributed by atoms with E-state index in [1.165, 1.54) is 5.56 Å². The minimum atomic E-state index is 0. The van der Waals surface area contributed by atoms with E-state index in [4.69, 9.17) is 4.74 Å². The fourth-order valence-corrected chi connectivity index (χ4v) is 2.20. The average Bonchev–Trinajstić information content (AvgIpc) is 2.37. The Morgan fingerprint density at radius 2 is 2.00 bits per heavy atom. The number of carbonyl (C=O) groups excluding carboxylic acids is 1. The number of halogens is 1. The van der Waals surface area contributed by atoms with E-state index in [1.54, 1.807) is 7.11 Å². The van der Waals surface area contributed by atoms with E-state index >= 15 is 0 Å². The van der Waals surface area contributed by atoms with Crippen LogP contribution in [-0.2, 0) is 11.2 Å². The van der Waals surface area contributed by atoms with Crippen molar-refractivity contribution >= 4 is 18.3 Å². The number of carbonyl (C=O) groups is 1.